The molecule has 1 aliphatic heterocycles. The summed E-state index contributed by atoms with van der Waals surface area (Å²) in [7, 11) is 0. The predicted molar refractivity (Wildman–Crippen MR) is 83.1 cm³/mol. The van der Waals surface area contributed by atoms with Crippen LogP contribution in [-0.2, 0) is 6.54 Å². The Bertz CT molecular complexity index is 408. The Labute approximate surface area is 124 Å². The van der Waals surface area contributed by atoms with E-state index in [-0.39, 0.29) is 0 Å². The second-order valence-corrected chi connectivity index (χ2v) is 6.94. The van der Waals surface area contributed by atoms with Crippen LogP contribution in [0.25, 0.3) is 0 Å². The minimum absolute atomic E-state index is 0.586. The van der Waals surface area contributed by atoms with Crippen LogP contribution in [0.2, 0.25) is 0 Å². The first-order valence-electron chi connectivity index (χ1n) is 7.11. The van der Waals surface area contributed by atoms with E-state index in [4.69, 9.17) is 0 Å². The highest BCUT2D eigenvalue weighted by Gasteiger charge is 2.25. The Morgan fingerprint density at radius 1 is 1.47 bits per heavy atom. The summed E-state index contributed by atoms with van der Waals surface area (Å²) in [6, 6.07) is 3.37. The molecule has 0 bridgehead atoms. The van der Waals surface area contributed by atoms with Gasteiger partial charge in [-0.25, -0.2) is 0 Å². The third-order valence-corrected chi connectivity index (χ3v) is 4.12. The first-order chi connectivity index (χ1) is 9.04. The van der Waals surface area contributed by atoms with Crippen LogP contribution in [0.4, 0.5) is 0 Å². The molecule has 1 aromatic rings. The van der Waals surface area contributed by atoms with Gasteiger partial charge in [-0.15, -0.1) is 0 Å². The molecule has 1 aromatic heterocycles. The van der Waals surface area contributed by atoms with Gasteiger partial charge in [-0.3, -0.25) is 9.88 Å². The maximum absolute atomic E-state index is 4.25. The van der Waals surface area contributed by atoms with Crippen molar-refractivity contribution in [3.05, 3.63) is 28.5 Å². The van der Waals surface area contributed by atoms with Gasteiger partial charge in [-0.1, -0.05) is 13.8 Å². The van der Waals surface area contributed by atoms with Gasteiger partial charge in [0.05, 0.1) is 0 Å². The van der Waals surface area contributed by atoms with Crippen LogP contribution in [0.15, 0.2) is 22.9 Å². The molecular formula is C15H24BrN3. The zero-order valence-electron chi connectivity index (χ0n) is 12.1. The van der Waals surface area contributed by atoms with Crippen molar-refractivity contribution in [2.45, 2.75) is 45.8 Å². The van der Waals surface area contributed by atoms with Crippen LogP contribution in [-0.4, -0.2) is 35.1 Å². The third-order valence-electron chi connectivity index (χ3n) is 3.68. The number of hydrogen-bond donors (Lipinski definition) is 1. The summed E-state index contributed by atoms with van der Waals surface area (Å²) in [4.78, 5) is 6.82. The molecule has 19 heavy (non-hydrogen) atoms. The molecule has 1 N–H and O–H groups in total. The fourth-order valence-electron chi connectivity index (χ4n) is 2.72. The number of aromatic nitrogens is 1. The Morgan fingerprint density at radius 2 is 2.26 bits per heavy atom. The van der Waals surface area contributed by atoms with E-state index >= 15 is 0 Å². The molecule has 0 radical (unpaired) electrons. The van der Waals surface area contributed by atoms with Gasteiger partial charge in [0.15, 0.2) is 0 Å². The zero-order chi connectivity index (χ0) is 13.8. The molecule has 1 fully saturated rings. The lowest BCUT2D eigenvalue weighted by Crippen LogP contribution is -2.55. The lowest BCUT2D eigenvalue weighted by molar-refractivity contribution is 0.124. The van der Waals surface area contributed by atoms with Gasteiger partial charge in [0, 0.05) is 48.6 Å². The van der Waals surface area contributed by atoms with Gasteiger partial charge in [-0.05, 0) is 46.8 Å². The summed E-state index contributed by atoms with van der Waals surface area (Å²) in [5.41, 5.74) is 1.28. The van der Waals surface area contributed by atoms with Gasteiger partial charge in [-0.2, -0.15) is 0 Å². The van der Waals surface area contributed by atoms with Gasteiger partial charge in [0.2, 0.25) is 0 Å². The molecule has 1 saturated heterocycles. The maximum atomic E-state index is 4.25. The smallest absolute Gasteiger partial charge is 0.0410 e. The molecular weight excluding hydrogens is 302 g/mol. The van der Waals surface area contributed by atoms with Crippen LogP contribution in [0.1, 0.15) is 32.8 Å². The van der Waals surface area contributed by atoms with E-state index in [9.17, 15) is 0 Å². The summed E-state index contributed by atoms with van der Waals surface area (Å²) >= 11 is 3.49. The minimum Gasteiger partial charge on any atom is -0.311 e. The topological polar surface area (TPSA) is 28.2 Å². The van der Waals surface area contributed by atoms with Crippen molar-refractivity contribution in [2.75, 3.05) is 13.1 Å². The fraction of sp³-hybridized carbons (Fsp3) is 0.667. The number of rotatable bonds is 4. The first-order valence-corrected chi connectivity index (χ1v) is 7.90. The van der Waals surface area contributed by atoms with Crippen LogP contribution < -0.4 is 5.32 Å². The van der Waals surface area contributed by atoms with E-state index in [1.54, 1.807) is 0 Å². The molecule has 4 heteroatoms. The average Bonchev–Trinajstić information content (AvgIpc) is 2.33. The molecule has 0 spiro atoms. The van der Waals surface area contributed by atoms with E-state index in [0.29, 0.717) is 12.1 Å². The van der Waals surface area contributed by atoms with Crippen molar-refractivity contribution in [3.63, 3.8) is 0 Å². The summed E-state index contributed by atoms with van der Waals surface area (Å²) in [5, 5.41) is 3.66. The van der Waals surface area contributed by atoms with Crippen LogP contribution in [0, 0.1) is 5.92 Å². The summed E-state index contributed by atoms with van der Waals surface area (Å²) in [6.45, 7) is 10.1. The van der Waals surface area contributed by atoms with E-state index in [2.05, 4.69) is 58.0 Å². The Kier molecular flexibility index (Phi) is 5.37. The standard InChI is InChI=1S/C15H24BrN3/c1-11(2)4-15-10-19(12(3)6-18-15)9-13-5-14(16)8-17-7-13/h5,7-8,11-12,15,18H,4,6,9-10H2,1-3H3. The van der Waals surface area contributed by atoms with E-state index in [0.717, 1.165) is 30.0 Å². The van der Waals surface area contributed by atoms with Crippen molar-refractivity contribution < 1.29 is 0 Å². The van der Waals surface area contributed by atoms with E-state index < -0.39 is 0 Å². The third kappa shape index (κ3) is 4.55. The van der Waals surface area contributed by atoms with Crippen LogP contribution in [0.3, 0.4) is 0 Å². The van der Waals surface area contributed by atoms with Crippen molar-refractivity contribution in [2.24, 2.45) is 5.92 Å². The predicted octanol–water partition coefficient (Wildman–Crippen LogP) is 3.05. The Balaban J connectivity index is 1.97. The quantitative estimate of drug-likeness (QED) is 0.922. The molecule has 106 valence electrons. The van der Waals surface area contributed by atoms with Crippen LogP contribution in [0.5, 0.6) is 0 Å². The zero-order valence-corrected chi connectivity index (χ0v) is 13.7. The molecule has 0 saturated carbocycles. The number of pyridine rings is 1. The van der Waals surface area contributed by atoms with Gasteiger partial charge in [0.25, 0.3) is 0 Å². The first kappa shape index (κ1) is 14.9. The van der Waals surface area contributed by atoms with Crippen molar-refractivity contribution >= 4 is 15.9 Å². The average molecular weight is 326 g/mol. The van der Waals surface area contributed by atoms with Crippen molar-refractivity contribution in [1.82, 2.24) is 15.2 Å². The summed E-state index contributed by atoms with van der Waals surface area (Å²) in [6.07, 6.45) is 5.06. The number of halogens is 1. The molecule has 2 unspecified atom stereocenters. The highest BCUT2D eigenvalue weighted by atomic mass is 79.9. The molecule has 0 amide bonds. The van der Waals surface area contributed by atoms with E-state index in [1.807, 2.05) is 12.4 Å². The number of nitrogens with zero attached hydrogens (tertiary/aromatic N) is 2. The number of piperazine rings is 1. The van der Waals surface area contributed by atoms with Crippen molar-refractivity contribution in [1.29, 1.82) is 0 Å². The Hall–Kier alpha value is -0.450. The molecule has 1 aliphatic rings. The van der Waals surface area contributed by atoms with Gasteiger partial charge < -0.3 is 5.32 Å². The monoisotopic (exact) mass is 325 g/mol. The molecule has 2 rings (SSSR count). The number of nitrogens with one attached hydrogen (secondary N) is 1. The molecule has 0 aromatic carbocycles. The Morgan fingerprint density at radius 3 is 2.95 bits per heavy atom. The second-order valence-electron chi connectivity index (χ2n) is 6.02. The van der Waals surface area contributed by atoms with Gasteiger partial charge in [0.1, 0.15) is 0 Å². The highest BCUT2D eigenvalue weighted by Crippen LogP contribution is 2.17. The number of hydrogen-bond acceptors (Lipinski definition) is 3. The lowest BCUT2D eigenvalue weighted by atomic mass is 10.00. The normalized spacial score (nSPS) is 24.9. The highest BCUT2D eigenvalue weighted by molar-refractivity contribution is 9.10. The summed E-state index contributed by atoms with van der Waals surface area (Å²) in [5.74, 6) is 0.750. The van der Waals surface area contributed by atoms with Crippen molar-refractivity contribution in [3.8, 4) is 0 Å². The molecule has 2 heterocycles. The second kappa shape index (κ2) is 6.82. The summed E-state index contributed by atoms with van der Waals surface area (Å²) < 4.78 is 1.06. The fourth-order valence-corrected chi connectivity index (χ4v) is 3.13. The molecule has 2 atom stereocenters. The molecule has 3 nitrogen and oxygen atoms in total. The van der Waals surface area contributed by atoms with Gasteiger partial charge >= 0.3 is 0 Å². The van der Waals surface area contributed by atoms with Crippen LogP contribution >= 0.6 is 15.9 Å². The largest absolute Gasteiger partial charge is 0.311 e. The minimum atomic E-state index is 0.586. The SMILES string of the molecule is CC(C)CC1CN(Cc2cncc(Br)c2)C(C)CN1. The maximum Gasteiger partial charge on any atom is 0.0410 e. The van der Waals surface area contributed by atoms with E-state index in [1.165, 1.54) is 12.0 Å². The lowest BCUT2D eigenvalue weighted by Gasteiger charge is -2.39. The molecule has 0 aliphatic carbocycles.